The van der Waals surface area contributed by atoms with Crippen LogP contribution in [-0.2, 0) is 21.3 Å². The molecule has 0 saturated carbocycles. The van der Waals surface area contributed by atoms with E-state index in [1.807, 2.05) is 6.92 Å². The van der Waals surface area contributed by atoms with Gasteiger partial charge in [-0.3, -0.25) is 0 Å². The number of halogens is 1. The minimum Gasteiger partial charge on any atom is -0.381 e. The largest absolute Gasteiger partial charge is 0.381 e. The lowest BCUT2D eigenvalue weighted by Crippen LogP contribution is -2.26. The van der Waals surface area contributed by atoms with Gasteiger partial charge in [-0.15, -0.1) is 0 Å². The van der Waals surface area contributed by atoms with E-state index in [0.29, 0.717) is 37.7 Å². The molecule has 1 rings (SSSR count). The van der Waals surface area contributed by atoms with Crippen molar-refractivity contribution in [3.63, 3.8) is 0 Å². The van der Waals surface area contributed by atoms with Crippen LogP contribution in [0.15, 0.2) is 23.1 Å². The summed E-state index contributed by atoms with van der Waals surface area (Å²) in [7, 11) is -1.72. The minimum absolute atomic E-state index is 0.228. The van der Waals surface area contributed by atoms with Gasteiger partial charge in [0.15, 0.2) is 0 Å². The fourth-order valence-electron chi connectivity index (χ4n) is 1.75. The van der Waals surface area contributed by atoms with Crippen LogP contribution < -0.4 is 10.0 Å². The molecule has 0 fully saturated rings. The van der Waals surface area contributed by atoms with Gasteiger partial charge in [-0.1, -0.05) is 18.5 Å². The molecule has 0 bridgehead atoms. The predicted octanol–water partition coefficient (Wildman–Crippen LogP) is 2.15. The number of hydrogen-bond donors (Lipinski definition) is 2. The molecule has 0 heterocycles. The first-order valence-corrected chi connectivity index (χ1v) is 8.87. The van der Waals surface area contributed by atoms with Gasteiger partial charge >= 0.3 is 0 Å². The highest BCUT2D eigenvalue weighted by Crippen LogP contribution is 2.20. The molecule has 0 aliphatic rings. The lowest BCUT2D eigenvalue weighted by Gasteiger charge is -2.10. The quantitative estimate of drug-likeness (QED) is 0.643. The van der Waals surface area contributed by atoms with Crippen LogP contribution in [0.25, 0.3) is 0 Å². The van der Waals surface area contributed by atoms with Gasteiger partial charge < -0.3 is 10.1 Å². The van der Waals surface area contributed by atoms with Crippen molar-refractivity contribution >= 4 is 21.6 Å². The molecule has 0 amide bonds. The Kier molecular flexibility index (Phi) is 8.21. The molecule has 2 N–H and O–H groups in total. The van der Waals surface area contributed by atoms with Crippen LogP contribution in [0.4, 0.5) is 0 Å². The Hall–Kier alpha value is -0.660. The highest BCUT2D eigenvalue weighted by atomic mass is 35.5. The topological polar surface area (TPSA) is 67.4 Å². The SMILES string of the molecule is CCCOCCCNS(=O)(=O)c1ccc(Cl)c(CNC)c1. The molecule has 1 aromatic rings. The second-order valence-corrected chi connectivity index (χ2v) is 6.82. The monoisotopic (exact) mass is 334 g/mol. The van der Waals surface area contributed by atoms with Crippen molar-refractivity contribution in [3.8, 4) is 0 Å². The van der Waals surface area contributed by atoms with Gasteiger partial charge in [0, 0.05) is 31.3 Å². The summed E-state index contributed by atoms with van der Waals surface area (Å²) in [6, 6.07) is 4.71. The molecule has 5 nitrogen and oxygen atoms in total. The van der Waals surface area contributed by atoms with E-state index in [1.165, 1.54) is 6.07 Å². The minimum atomic E-state index is -3.50. The van der Waals surface area contributed by atoms with E-state index in [2.05, 4.69) is 10.0 Å². The van der Waals surface area contributed by atoms with E-state index >= 15 is 0 Å². The fraction of sp³-hybridized carbons (Fsp3) is 0.571. The standard InChI is InChI=1S/C14H23ClN2O3S/c1-3-8-20-9-4-7-17-21(18,19)13-5-6-14(15)12(10-13)11-16-2/h5-6,10,16-17H,3-4,7-9,11H2,1-2H3. The molecule has 7 heteroatoms. The Morgan fingerprint density at radius 1 is 1.29 bits per heavy atom. The van der Waals surface area contributed by atoms with Crippen LogP contribution in [0.2, 0.25) is 5.02 Å². The number of nitrogens with one attached hydrogen (secondary N) is 2. The molecule has 0 radical (unpaired) electrons. The Bertz CT molecular complexity index is 535. The summed E-state index contributed by atoms with van der Waals surface area (Å²) in [4.78, 5) is 0.228. The zero-order valence-electron chi connectivity index (χ0n) is 12.5. The zero-order chi connectivity index (χ0) is 15.7. The third-order valence-corrected chi connectivity index (χ3v) is 4.63. The molecule has 0 saturated heterocycles. The molecule has 0 spiro atoms. The number of ether oxygens (including phenoxy) is 1. The first-order valence-electron chi connectivity index (χ1n) is 7.01. The first kappa shape index (κ1) is 18.4. The fourth-order valence-corrected chi connectivity index (χ4v) is 3.06. The molecular formula is C14H23ClN2O3S. The van der Waals surface area contributed by atoms with Crippen LogP contribution in [-0.4, -0.2) is 35.2 Å². The van der Waals surface area contributed by atoms with E-state index < -0.39 is 10.0 Å². The molecule has 0 aliphatic carbocycles. The van der Waals surface area contributed by atoms with Gasteiger partial charge in [0.2, 0.25) is 10.0 Å². The normalized spacial score (nSPS) is 11.8. The maximum atomic E-state index is 12.2. The summed E-state index contributed by atoms with van der Waals surface area (Å²) in [6.07, 6.45) is 1.61. The first-order chi connectivity index (χ1) is 10.0. The maximum absolute atomic E-state index is 12.2. The van der Waals surface area contributed by atoms with E-state index in [-0.39, 0.29) is 4.90 Å². The van der Waals surface area contributed by atoms with Crippen LogP contribution in [0.1, 0.15) is 25.3 Å². The Morgan fingerprint density at radius 3 is 2.71 bits per heavy atom. The third-order valence-electron chi connectivity index (χ3n) is 2.80. The number of rotatable bonds is 10. The smallest absolute Gasteiger partial charge is 0.240 e. The van der Waals surface area contributed by atoms with Crippen LogP contribution >= 0.6 is 11.6 Å². The van der Waals surface area contributed by atoms with Crippen molar-refractivity contribution in [1.82, 2.24) is 10.0 Å². The average Bonchev–Trinajstić information content (AvgIpc) is 2.45. The highest BCUT2D eigenvalue weighted by Gasteiger charge is 2.15. The van der Waals surface area contributed by atoms with Crippen LogP contribution in [0, 0.1) is 0 Å². The highest BCUT2D eigenvalue weighted by molar-refractivity contribution is 7.89. The summed E-state index contributed by atoms with van der Waals surface area (Å²) in [5, 5.41) is 3.51. The molecule has 0 aromatic heterocycles. The number of hydrogen-bond acceptors (Lipinski definition) is 4. The number of sulfonamides is 1. The second kappa shape index (κ2) is 9.38. The molecule has 0 atom stereocenters. The number of benzene rings is 1. The molecule has 120 valence electrons. The second-order valence-electron chi connectivity index (χ2n) is 4.65. The van der Waals surface area contributed by atoms with Crippen molar-refractivity contribution in [3.05, 3.63) is 28.8 Å². The summed E-state index contributed by atoms with van der Waals surface area (Å²) < 4.78 is 32.2. The van der Waals surface area contributed by atoms with Crippen molar-refractivity contribution in [2.24, 2.45) is 0 Å². The summed E-state index contributed by atoms with van der Waals surface area (Å²) in [5.41, 5.74) is 0.758. The van der Waals surface area contributed by atoms with Gasteiger partial charge in [0.25, 0.3) is 0 Å². The Labute approximate surface area is 132 Å². The Balaban J connectivity index is 2.59. The van der Waals surface area contributed by atoms with E-state index in [9.17, 15) is 8.42 Å². The van der Waals surface area contributed by atoms with Crippen LogP contribution in [0.3, 0.4) is 0 Å². The van der Waals surface area contributed by atoms with E-state index in [0.717, 1.165) is 12.0 Å². The van der Waals surface area contributed by atoms with Gasteiger partial charge in [0.1, 0.15) is 0 Å². The molecule has 1 aromatic carbocycles. The van der Waals surface area contributed by atoms with Crippen LogP contribution in [0.5, 0.6) is 0 Å². The molecule has 0 aliphatic heterocycles. The van der Waals surface area contributed by atoms with Gasteiger partial charge in [-0.2, -0.15) is 0 Å². The van der Waals surface area contributed by atoms with Crippen molar-refractivity contribution in [2.75, 3.05) is 26.8 Å². The molecule has 0 unspecified atom stereocenters. The molecule has 21 heavy (non-hydrogen) atoms. The summed E-state index contributed by atoms with van der Waals surface area (Å²) in [5.74, 6) is 0. The van der Waals surface area contributed by atoms with Crippen molar-refractivity contribution in [2.45, 2.75) is 31.2 Å². The lowest BCUT2D eigenvalue weighted by molar-refractivity contribution is 0.133. The maximum Gasteiger partial charge on any atom is 0.240 e. The van der Waals surface area contributed by atoms with E-state index in [4.69, 9.17) is 16.3 Å². The summed E-state index contributed by atoms with van der Waals surface area (Å²) >= 11 is 6.03. The van der Waals surface area contributed by atoms with Gasteiger partial charge in [-0.25, -0.2) is 13.1 Å². The third kappa shape index (κ3) is 6.32. The zero-order valence-corrected chi connectivity index (χ0v) is 14.1. The van der Waals surface area contributed by atoms with Gasteiger partial charge in [0.05, 0.1) is 4.90 Å². The van der Waals surface area contributed by atoms with Crippen molar-refractivity contribution in [1.29, 1.82) is 0 Å². The average molecular weight is 335 g/mol. The van der Waals surface area contributed by atoms with Gasteiger partial charge in [-0.05, 0) is 43.7 Å². The van der Waals surface area contributed by atoms with Crippen molar-refractivity contribution < 1.29 is 13.2 Å². The lowest BCUT2D eigenvalue weighted by atomic mass is 10.2. The van der Waals surface area contributed by atoms with E-state index in [1.54, 1.807) is 19.2 Å². The predicted molar refractivity (Wildman–Crippen MR) is 85.1 cm³/mol. The Morgan fingerprint density at radius 2 is 2.05 bits per heavy atom. The summed E-state index contributed by atoms with van der Waals surface area (Å²) in [6.45, 7) is 4.17. The molecular weight excluding hydrogens is 312 g/mol.